The second kappa shape index (κ2) is 7.46. The third-order valence-corrected chi connectivity index (χ3v) is 3.99. The van der Waals surface area contributed by atoms with Crippen LogP contribution in [0.15, 0.2) is 39.4 Å². The predicted octanol–water partition coefficient (Wildman–Crippen LogP) is 4.73. The Morgan fingerprint density at radius 1 is 1.28 bits per heavy atom. The molecule has 2 heterocycles. The predicted molar refractivity (Wildman–Crippen MR) is 103 cm³/mol. The van der Waals surface area contributed by atoms with Crippen LogP contribution in [0.5, 0.6) is 0 Å². The molecule has 29 heavy (non-hydrogen) atoms. The molecule has 0 fully saturated rings. The van der Waals surface area contributed by atoms with E-state index in [9.17, 15) is 18.0 Å². The quantitative estimate of drug-likeness (QED) is 0.769. The van der Waals surface area contributed by atoms with E-state index < -0.39 is 23.4 Å². The van der Waals surface area contributed by atoms with Crippen molar-refractivity contribution < 1.29 is 27.1 Å². The van der Waals surface area contributed by atoms with E-state index in [1.54, 1.807) is 33.0 Å². The fraction of sp³-hybridized carbons (Fsp3) is 0.400. The molecule has 0 radical (unpaired) electrons. The topological polar surface area (TPSA) is 75.9 Å². The van der Waals surface area contributed by atoms with E-state index in [0.29, 0.717) is 17.9 Å². The molecule has 0 bridgehead atoms. The van der Waals surface area contributed by atoms with E-state index >= 15 is 0 Å². The van der Waals surface area contributed by atoms with Gasteiger partial charge in [0.2, 0.25) is 0 Å². The number of ether oxygens (including phenoxy) is 1. The Bertz CT molecular complexity index is 998. The molecule has 0 atom stereocenters. The van der Waals surface area contributed by atoms with Gasteiger partial charge >= 0.3 is 12.3 Å². The van der Waals surface area contributed by atoms with Crippen molar-refractivity contribution in [2.75, 3.05) is 6.54 Å². The maximum atomic E-state index is 13.6. The molecule has 0 saturated heterocycles. The molecule has 0 aliphatic carbocycles. The monoisotopic (exact) mass is 409 g/mol. The van der Waals surface area contributed by atoms with Crippen molar-refractivity contribution in [3.63, 3.8) is 0 Å². The highest BCUT2D eigenvalue weighted by Crippen LogP contribution is 2.37. The molecular formula is C20H22F3N3O3. The van der Waals surface area contributed by atoms with Gasteiger partial charge in [-0.25, -0.2) is 4.79 Å². The number of amides is 1. The summed E-state index contributed by atoms with van der Waals surface area (Å²) in [7, 11) is 0. The smallest absolute Gasteiger partial charge is 0.420 e. The molecule has 1 aromatic carbocycles. The molecule has 0 unspecified atom stereocenters. The lowest BCUT2D eigenvalue weighted by Gasteiger charge is -2.19. The Labute approximate surface area is 165 Å². The highest BCUT2D eigenvalue weighted by molar-refractivity contribution is 6.03. The Morgan fingerprint density at radius 2 is 2.00 bits per heavy atom. The minimum atomic E-state index is -4.61. The van der Waals surface area contributed by atoms with Crippen molar-refractivity contribution in [3.05, 3.63) is 46.9 Å². The van der Waals surface area contributed by atoms with E-state index in [1.165, 1.54) is 6.07 Å². The second-order valence-electron chi connectivity index (χ2n) is 7.81. The normalized spacial score (nSPS) is 14.9. The molecule has 0 spiro atoms. The molecule has 1 aromatic heterocycles. The maximum absolute atomic E-state index is 13.6. The van der Waals surface area contributed by atoms with Crippen molar-refractivity contribution in [1.82, 2.24) is 10.6 Å². The summed E-state index contributed by atoms with van der Waals surface area (Å²) < 4.78 is 51.4. The van der Waals surface area contributed by atoms with E-state index in [-0.39, 0.29) is 23.3 Å². The van der Waals surface area contributed by atoms with Crippen LogP contribution in [0.2, 0.25) is 0 Å². The van der Waals surface area contributed by atoms with Crippen molar-refractivity contribution in [1.29, 1.82) is 0 Å². The average molecular weight is 409 g/mol. The Morgan fingerprint density at radius 3 is 2.59 bits per heavy atom. The lowest BCUT2D eigenvalue weighted by atomic mass is 10.0. The molecule has 1 amide bonds. The van der Waals surface area contributed by atoms with Crippen LogP contribution in [-0.2, 0) is 17.5 Å². The van der Waals surface area contributed by atoms with Gasteiger partial charge in [0.05, 0.1) is 18.7 Å². The number of halogens is 3. The van der Waals surface area contributed by atoms with Crippen LogP contribution in [0.1, 0.15) is 44.6 Å². The SMILES string of the molecule is CC1=CNC(c2cc(C(F)(F)F)c3oc(CNC(=O)OC(C)(C)C)cc3c2)=NC1. The number of hydrogen-bond donors (Lipinski definition) is 2. The van der Waals surface area contributed by atoms with E-state index in [4.69, 9.17) is 9.15 Å². The zero-order valence-electron chi connectivity index (χ0n) is 16.5. The molecule has 2 aromatic rings. The maximum Gasteiger partial charge on any atom is 0.420 e. The van der Waals surface area contributed by atoms with Gasteiger partial charge in [-0.05, 0) is 51.5 Å². The average Bonchev–Trinajstić information content (AvgIpc) is 3.00. The van der Waals surface area contributed by atoms with Crippen LogP contribution in [0.25, 0.3) is 11.0 Å². The molecule has 6 nitrogen and oxygen atoms in total. The van der Waals surface area contributed by atoms with Gasteiger partial charge in [-0.15, -0.1) is 0 Å². The molecule has 3 rings (SSSR count). The first-order chi connectivity index (χ1) is 13.4. The van der Waals surface area contributed by atoms with Gasteiger partial charge in [-0.3, -0.25) is 4.99 Å². The number of hydrogen-bond acceptors (Lipinski definition) is 5. The summed E-state index contributed by atoms with van der Waals surface area (Å²) in [6.45, 7) is 7.32. The van der Waals surface area contributed by atoms with Gasteiger partial charge in [-0.2, -0.15) is 13.2 Å². The van der Waals surface area contributed by atoms with Crippen LogP contribution in [0.4, 0.5) is 18.0 Å². The lowest BCUT2D eigenvalue weighted by molar-refractivity contribution is -0.136. The van der Waals surface area contributed by atoms with Crippen LogP contribution in [0.3, 0.4) is 0 Å². The molecule has 2 N–H and O–H groups in total. The minimum Gasteiger partial charge on any atom is -0.459 e. The van der Waals surface area contributed by atoms with Gasteiger partial charge in [0, 0.05) is 17.1 Å². The number of benzene rings is 1. The molecule has 156 valence electrons. The summed E-state index contributed by atoms with van der Waals surface area (Å²) in [6, 6.07) is 4.05. The number of nitrogens with one attached hydrogen (secondary N) is 2. The van der Waals surface area contributed by atoms with Gasteiger partial charge in [0.15, 0.2) is 0 Å². The first-order valence-electron chi connectivity index (χ1n) is 9.00. The fourth-order valence-electron chi connectivity index (χ4n) is 2.78. The van der Waals surface area contributed by atoms with Crippen LogP contribution in [0, 0.1) is 0 Å². The highest BCUT2D eigenvalue weighted by Gasteiger charge is 2.35. The summed E-state index contributed by atoms with van der Waals surface area (Å²) in [5, 5.41) is 5.66. The number of alkyl carbamates (subject to hydrolysis) is 1. The van der Waals surface area contributed by atoms with E-state index in [0.717, 1.165) is 11.6 Å². The highest BCUT2D eigenvalue weighted by atomic mass is 19.4. The van der Waals surface area contributed by atoms with Crippen LogP contribution < -0.4 is 10.6 Å². The summed E-state index contributed by atoms with van der Waals surface area (Å²) in [6.07, 6.45) is -3.58. The molecule has 1 aliphatic heterocycles. The standard InChI is InChI=1S/C20H22F3N3O3/c1-11-8-24-17(25-9-11)13-5-12-6-14(10-26-18(27)29-19(2,3)4)28-16(12)15(7-13)20(21,22)23/h5-8H,9-10H2,1-4H3,(H,24,25)(H,26,27). The number of amidine groups is 1. The largest absolute Gasteiger partial charge is 0.459 e. The summed E-state index contributed by atoms with van der Waals surface area (Å²) in [4.78, 5) is 16.1. The first-order valence-corrected chi connectivity index (χ1v) is 9.00. The number of furan rings is 1. The number of carbonyl (C=O) groups excluding carboxylic acids is 1. The molecular weight excluding hydrogens is 387 g/mol. The number of carbonyl (C=O) groups is 1. The fourth-order valence-corrected chi connectivity index (χ4v) is 2.78. The Hall–Kier alpha value is -2.97. The number of alkyl halides is 3. The number of fused-ring (bicyclic) bond motifs is 1. The van der Waals surface area contributed by atoms with Crippen LogP contribution in [-0.4, -0.2) is 24.1 Å². The number of nitrogens with zero attached hydrogens (tertiary/aromatic N) is 1. The summed E-state index contributed by atoms with van der Waals surface area (Å²) >= 11 is 0. The molecule has 1 aliphatic rings. The van der Waals surface area contributed by atoms with Crippen LogP contribution >= 0.6 is 0 Å². The Balaban J connectivity index is 1.91. The van der Waals surface area contributed by atoms with Gasteiger partial charge < -0.3 is 19.8 Å². The third kappa shape index (κ3) is 5.10. The van der Waals surface area contributed by atoms with Gasteiger partial charge in [0.25, 0.3) is 0 Å². The minimum absolute atomic E-state index is 0.0998. The zero-order valence-corrected chi connectivity index (χ0v) is 16.5. The first kappa shape index (κ1) is 20.8. The van der Waals surface area contributed by atoms with E-state index in [1.807, 2.05) is 6.92 Å². The number of rotatable bonds is 3. The zero-order chi connectivity index (χ0) is 21.4. The molecule has 9 heteroatoms. The van der Waals surface area contributed by atoms with Crippen molar-refractivity contribution in [2.45, 2.75) is 46.0 Å². The van der Waals surface area contributed by atoms with Crippen molar-refractivity contribution >= 4 is 22.9 Å². The summed E-state index contributed by atoms with van der Waals surface area (Å²) in [5.74, 6) is 0.542. The second-order valence-corrected chi connectivity index (χ2v) is 7.81. The third-order valence-electron chi connectivity index (χ3n) is 3.99. The number of aliphatic imine (C=N–C) groups is 1. The van der Waals surface area contributed by atoms with Crippen molar-refractivity contribution in [3.8, 4) is 0 Å². The summed E-state index contributed by atoms with van der Waals surface area (Å²) in [5.41, 5.74) is -0.586. The Kier molecular flexibility index (Phi) is 5.34. The molecule has 0 saturated carbocycles. The van der Waals surface area contributed by atoms with Gasteiger partial charge in [-0.1, -0.05) is 0 Å². The lowest BCUT2D eigenvalue weighted by Crippen LogP contribution is -2.32. The van der Waals surface area contributed by atoms with Gasteiger partial charge in [0.1, 0.15) is 22.8 Å². The van der Waals surface area contributed by atoms with E-state index in [2.05, 4.69) is 15.6 Å². The van der Waals surface area contributed by atoms with Crippen molar-refractivity contribution in [2.24, 2.45) is 4.99 Å².